The average molecular weight is 408 g/mol. The number of nitrogens with one attached hydrogen (secondary N) is 1. The molecule has 3 heterocycles. The molecule has 0 aliphatic carbocycles. The minimum Gasteiger partial charge on any atom is -0.439 e. The maximum atomic E-state index is 12.4. The van der Waals surface area contributed by atoms with Gasteiger partial charge in [-0.1, -0.05) is 6.07 Å². The van der Waals surface area contributed by atoms with Crippen molar-refractivity contribution in [2.75, 3.05) is 11.5 Å². The monoisotopic (exact) mass is 408 g/mol. The lowest BCUT2D eigenvalue weighted by atomic mass is 10.2. The van der Waals surface area contributed by atoms with Crippen LogP contribution in [-0.4, -0.2) is 41.8 Å². The lowest BCUT2D eigenvalue weighted by Gasteiger charge is -2.11. The molecule has 3 aromatic rings. The zero-order valence-corrected chi connectivity index (χ0v) is 16.0. The maximum Gasteiger partial charge on any atom is 0.270 e. The Morgan fingerprint density at radius 1 is 1.21 bits per heavy atom. The van der Waals surface area contributed by atoms with Crippen molar-refractivity contribution in [3.63, 3.8) is 0 Å². The van der Waals surface area contributed by atoms with E-state index in [1.165, 1.54) is 6.20 Å². The van der Waals surface area contributed by atoms with E-state index in [0.29, 0.717) is 29.1 Å². The van der Waals surface area contributed by atoms with Crippen LogP contribution in [0.4, 0.5) is 0 Å². The van der Waals surface area contributed by atoms with Crippen LogP contribution in [0.1, 0.15) is 22.5 Å². The molecule has 1 saturated heterocycles. The van der Waals surface area contributed by atoms with Crippen molar-refractivity contribution in [3.05, 3.63) is 59.9 Å². The zero-order valence-electron chi connectivity index (χ0n) is 15.2. The second-order valence-electron chi connectivity index (χ2n) is 6.72. The van der Waals surface area contributed by atoms with Gasteiger partial charge in [-0.3, -0.25) is 4.79 Å². The van der Waals surface area contributed by atoms with Crippen LogP contribution >= 0.6 is 0 Å². The molecule has 146 valence electrons. The molecule has 1 amide bonds. The van der Waals surface area contributed by atoms with Gasteiger partial charge in [-0.25, -0.2) is 18.4 Å². The highest BCUT2D eigenvalue weighted by molar-refractivity contribution is 7.91. The molecule has 1 N–H and O–H groups in total. The Labute approximate surface area is 167 Å². The van der Waals surface area contributed by atoms with Gasteiger partial charge in [0.25, 0.3) is 5.91 Å². The van der Waals surface area contributed by atoms with Crippen LogP contribution in [0.5, 0.6) is 11.6 Å². The number of pyridine rings is 2. The van der Waals surface area contributed by atoms with Crippen LogP contribution < -0.4 is 10.1 Å². The molecule has 0 spiro atoms. The molecular weight excluding hydrogens is 392 g/mol. The van der Waals surface area contributed by atoms with Crippen molar-refractivity contribution < 1.29 is 17.9 Å². The number of hydrogen-bond donors (Lipinski definition) is 1. The molecule has 2 aromatic heterocycles. The summed E-state index contributed by atoms with van der Waals surface area (Å²) in [6.45, 7) is 0. The van der Waals surface area contributed by atoms with E-state index in [2.05, 4.69) is 15.3 Å². The third-order valence-electron chi connectivity index (χ3n) is 4.55. The van der Waals surface area contributed by atoms with Crippen LogP contribution in [0, 0.1) is 11.3 Å². The Morgan fingerprint density at radius 2 is 2.07 bits per heavy atom. The predicted molar refractivity (Wildman–Crippen MR) is 105 cm³/mol. The SMILES string of the molecule is N#Cc1ccc(Oc2ccc3nc(C(=O)NC4CCS(=O)(=O)C4)ccc3c2)nc1. The number of nitrogens with zero attached hydrogens (tertiary/aromatic N) is 3. The molecule has 1 aliphatic heterocycles. The van der Waals surface area contributed by atoms with Crippen LogP contribution in [0.2, 0.25) is 0 Å². The first-order chi connectivity index (χ1) is 13.9. The highest BCUT2D eigenvalue weighted by Gasteiger charge is 2.29. The van der Waals surface area contributed by atoms with Crippen molar-refractivity contribution in [1.82, 2.24) is 15.3 Å². The number of fused-ring (bicyclic) bond motifs is 1. The third-order valence-corrected chi connectivity index (χ3v) is 6.32. The van der Waals surface area contributed by atoms with Gasteiger partial charge in [-0.2, -0.15) is 5.26 Å². The van der Waals surface area contributed by atoms with E-state index in [1.54, 1.807) is 42.5 Å². The Morgan fingerprint density at radius 3 is 2.76 bits per heavy atom. The van der Waals surface area contributed by atoms with E-state index in [9.17, 15) is 13.2 Å². The molecule has 1 atom stereocenters. The number of rotatable bonds is 4. The van der Waals surface area contributed by atoms with Gasteiger partial charge in [0.15, 0.2) is 9.84 Å². The summed E-state index contributed by atoms with van der Waals surface area (Å²) in [5.74, 6) is 0.580. The van der Waals surface area contributed by atoms with Crippen molar-refractivity contribution in [1.29, 1.82) is 5.26 Å². The number of carbonyl (C=O) groups excluding carboxylic acids is 1. The quantitative estimate of drug-likeness (QED) is 0.702. The first kappa shape index (κ1) is 18.8. The Hall–Kier alpha value is -3.51. The second kappa shape index (κ2) is 7.48. The van der Waals surface area contributed by atoms with E-state index in [-0.39, 0.29) is 23.2 Å². The predicted octanol–water partition coefficient (Wildman–Crippen LogP) is 2.21. The summed E-state index contributed by atoms with van der Waals surface area (Å²) in [6, 6.07) is 13.4. The fourth-order valence-electron chi connectivity index (χ4n) is 3.09. The molecule has 1 unspecified atom stereocenters. The topological polar surface area (TPSA) is 122 Å². The third kappa shape index (κ3) is 4.33. The molecule has 29 heavy (non-hydrogen) atoms. The molecule has 0 radical (unpaired) electrons. The molecule has 8 nitrogen and oxygen atoms in total. The summed E-state index contributed by atoms with van der Waals surface area (Å²) < 4.78 is 28.7. The van der Waals surface area contributed by atoms with Gasteiger partial charge in [0.05, 0.1) is 22.6 Å². The van der Waals surface area contributed by atoms with Crippen LogP contribution in [0.25, 0.3) is 10.9 Å². The lowest BCUT2D eigenvalue weighted by molar-refractivity contribution is 0.0936. The number of carbonyl (C=O) groups is 1. The summed E-state index contributed by atoms with van der Waals surface area (Å²) in [5, 5.41) is 12.3. The molecule has 0 bridgehead atoms. The summed E-state index contributed by atoms with van der Waals surface area (Å²) in [4.78, 5) is 20.8. The molecule has 9 heteroatoms. The smallest absolute Gasteiger partial charge is 0.270 e. The van der Waals surface area contributed by atoms with Gasteiger partial charge in [0.1, 0.15) is 17.5 Å². The van der Waals surface area contributed by atoms with Gasteiger partial charge >= 0.3 is 0 Å². The van der Waals surface area contributed by atoms with Gasteiger partial charge in [0.2, 0.25) is 5.88 Å². The first-order valence-electron chi connectivity index (χ1n) is 8.88. The number of ether oxygens (including phenoxy) is 1. The van der Waals surface area contributed by atoms with Crippen LogP contribution in [-0.2, 0) is 9.84 Å². The Bertz CT molecular complexity index is 1230. The fourth-order valence-corrected chi connectivity index (χ4v) is 4.76. The van der Waals surface area contributed by atoms with E-state index in [4.69, 9.17) is 10.00 Å². The van der Waals surface area contributed by atoms with Gasteiger partial charge < -0.3 is 10.1 Å². The van der Waals surface area contributed by atoms with Crippen molar-refractivity contribution in [2.45, 2.75) is 12.5 Å². The number of benzene rings is 1. The van der Waals surface area contributed by atoms with Gasteiger partial charge in [-0.15, -0.1) is 0 Å². The number of hydrogen-bond acceptors (Lipinski definition) is 7. The molecule has 1 fully saturated rings. The zero-order chi connectivity index (χ0) is 20.4. The van der Waals surface area contributed by atoms with E-state index >= 15 is 0 Å². The van der Waals surface area contributed by atoms with Crippen molar-refractivity contribution in [2.24, 2.45) is 0 Å². The summed E-state index contributed by atoms with van der Waals surface area (Å²) in [5.41, 5.74) is 1.28. The van der Waals surface area contributed by atoms with Crippen molar-refractivity contribution in [3.8, 4) is 17.7 Å². The van der Waals surface area contributed by atoms with E-state index in [1.807, 2.05) is 6.07 Å². The summed E-state index contributed by atoms with van der Waals surface area (Å²) in [6.07, 6.45) is 1.85. The largest absolute Gasteiger partial charge is 0.439 e. The highest BCUT2D eigenvalue weighted by atomic mass is 32.2. The average Bonchev–Trinajstić information content (AvgIpc) is 3.06. The van der Waals surface area contributed by atoms with E-state index < -0.39 is 15.7 Å². The highest BCUT2D eigenvalue weighted by Crippen LogP contribution is 2.24. The Kier molecular flexibility index (Phi) is 4.86. The van der Waals surface area contributed by atoms with Gasteiger partial charge in [-0.05, 0) is 36.8 Å². The van der Waals surface area contributed by atoms with E-state index in [0.717, 1.165) is 5.39 Å². The van der Waals surface area contributed by atoms with Crippen LogP contribution in [0.15, 0.2) is 48.7 Å². The first-order valence-corrected chi connectivity index (χ1v) is 10.7. The number of amides is 1. The second-order valence-corrected chi connectivity index (χ2v) is 8.95. The van der Waals surface area contributed by atoms with Gasteiger partial charge in [0, 0.05) is 23.7 Å². The standard InChI is InChI=1S/C20H16N4O4S/c21-10-13-1-6-19(22-11-13)28-16-3-5-17-14(9-16)2-4-18(24-17)20(25)23-15-7-8-29(26,27)12-15/h1-6,9,11,15H,7-8,12H2,(H,23,25). The van der Waals surface area contributed by atoms with Crippen LogP contribution in [0.3, 0.4) is 0 Å². The minimum absolute atomic E-state index is 0.0313. The summed E-state index contributed by atoms with van der Waals surface area (Å²) >= 11 is 0. The normalized spacial score (nSPS) is 17.6. The molecule has 0 saturated carbocycles. The molecular formula is C20H16N4O4S. The molecule has 1 aromatic carbocycles. The molecule has 1 aliphatic rings. The number of sulfone groups is 1. The Balaban J connectivity index is 1.49. The molecule has 4 rings (SSSR count). The fraction of sp³-hybridized carbons (Fsp3) is 0.200. The minimum atomic E-state index is -3.06. The summed E-state index contributed by atoms with van der Waals surface area (Å²) in [7, 11) is -3.06. The number of aromatic nitrogens is 2. The number of nitriles is 1. The maximum absolute atomic E-state index is 12.4. The van der Waals surface area contributed by atoms with Crippen molar-refractivity contribution >= 4 is 26.6 Å². The lowest BCUT2D eigenvalue weighted by Crippen LogP contribution is -2.36.